The molecule has 0 aliphatic carbocycles. The third-order valence-electron chi connectivity index (χ3n) is 4.61. The van der Waals surface area contributed by atoms with Gasteiger partial charge in [0.1, 0.15) is 0 Å². The summed E-state index contributed by atoms with van der Waals surface area (Å²) in [7, 11) is 0. The van der Waals surface area contributed by atoms with Crippen LogP contribution in [0, 0.1) is 0 Å². The summed E-state index contributed by atoms with van der Waals surface area (Å²) < 4.78 is 6.76. The van der Waals surface area contributed by atoms with Crippen LogP contribution in [-0.2, 0) is 9.53 Å². The quantitative estimate of drug-likeness (QED) is 0.522. The standard InChI is InChI=1S/C19H23N5O5/c1-2-29-10-7-17(25)21-18(26)20-14-4-3-13-12-24(22-16(13)11-14)15-5-8-23(9-6-15)19(27)28/h3-4,7,10-12,15H,2,5-6,8-9H2,1H3,(H,27,28)(H2,20,21,25,26)/b10-7+. The van der Waals surface area contributed by atoms with E-state index in [-0.39, 0.29) is 6.04 Å². The number of urea groups is 1. The van der Waals surface area contributed by atoms with Crippen molar-refractivity contribution >= 4 is 34.6 Å². The molecule has 10 heteroatoms. The molecular formula is C19H23N5O5. The molecule has 0 saturated carbocycles. The second-order valence-corrected chi connectivity index (χ2v) is 6.58. The summed E-state index contributed by atoms with van der Waals surface area (Å²) in [6.07, 6.45) is 4.78. The first kappa shape index (κ1) is 20.2. The first-order valence-electron chi connectivity index (χ1n) is 9.33. The summed E-state index contributed by atoms with van der Waals surface area (Å²) in [4.78, 5) is 36.0. The molecule has 29 heavy (non-hydrogen) atoms. The van der Waals surface area contributed by atoms with E-state index < -0.39 is 18.0 Å². The molecule has 154 valence electrons. The fourth-order valence-electron chi connectivity index (χ4n) is 3.14. The maximum absolute atomic E-state index is 11.9. The Kier molecular flexibility index (Phi) is 6.32. The molecule has 1 saturated heterocycles. The molecule has 3 N–H and O–H groups in total. The van der Waals surface area contributed by atoms with E-state index in [1.165, 1.54) is 11.2 Å². The van der Waals surface area contributed by atoms with Crippen molar-refractivity contribution in [2.75, 3.05) is 25.0 Å². The van der Waals surface area contributed by atoms with E-state index in [0.29, 0.717) is 43.7 Å². The molecule has 1 aliphatic heterocycles. The fraction of sp³-hybridized carbons (Fsp3) is 0.368. The number of hydrogen-bond acceptors (Lipinski definition) is 5. The Hall–Kier alpha value is -3.56. The van der Waals surface area contributed by atoms with E-state index in [4.69, 9.17) is 9.84 Å². The van der Waals surface area contributed by atoms with Crippen molar-refractivity contribution in [2.24, 2.45) is 0 Å². The lowest BCUT2D eigenvalue weighted by Gasteiger charge is -2.29. The van der Waals surface area contributed by atoms with E-state index in [9.17, 15) is 14.4 Å². The number of carboxylic acid groups (broad SMARTS) is 1. The lowest BCUT2D eigenvalue weighted by Crippen LogP contribution is -2.38. The van der Waals surface area contributed by atoms with E-state index in [1.54, 1.807) is 19.1 Å². The lowest BCUT2D eigenvalue weighted by atomic mass is 10.1. The number of ether oxygens (including phenoxy) is 1. The van der Waals surface area contributed by atoms with Crippen LogP contribution < -0.4 is 10.6 Å². The average molecular weight is 401 g/mol. The van der Waals surface area contributed by atoms with Gasteiger partial charge in [-0.15, -0.1) is 0 Å². The van der Waals surface area contributed by atoms with Crippen molar-refractivity contribution in [1.29, 1.82) is 0 Å². The van der Waals surface area contributed by atoms with Crippen LogP contribution >= 0.6 is 0 Å². The molecule has 0 radical (unpaired) electrons. The molecule has 0 spiro atoms. The first-order valence-corrected chi connectivity index (χ1v) is 9.33. The van der Waals surface area contributed by atoms with Gasteiger partial charge in [0.05, 0.1) is 24.4 Å². The summed E-state index contributed by atoms with van der Waals surface area (Å²) in [5.74, 6) is -0.589. The summed E-state index contributed by atoms with van der Waals surface area (Å²) in [5, 5.41) is 19.3. The zero-order chi connectivity index (χ0) is 20.8. The van der Waals surface area contributed by atoms with Gasteiger partial charge in [-0.1, -0.05) is 0 Å². The van der Waals surface area contributed by atoms with Gasteiger partial charge in [0.2, 0.25) is 0 Å². The molecule has 2 heterocycles. The minimum Gasteiger partial charge on any atom is -0.501 e. The second kappa shape index (κ2) is 9.09. The summed E-state index contributed by atoms with van der Waals surface area (Å²) >= 11 is 0. The van der Waals surface area contributed by atoms with Gasteiger partial charge < -0.3 is 20.1 Å². The van der Waals surface area contributed by atoms with Crippen LogP contribution in [0.2, 0.25) is 0 Å². The number of likely N-dealkylation sites (tertiary alicyclic amines) is 1. The van der Waals surface area contributed by atoms with Gasteiger partial charge in [-0.3, -0.25) is 14.8 Å². The Balaban J connectivity index is 1.61. The van der Waals surface area contributed by atoms with Crippen molar-refractivity contribution in [3.63, 3.8) is 0 Å². The molecule has 0 unspecified atom stereocenters. The molecule has 1 aromatic heterocycles. The van der Waals surface area contributed by atoms with Gasteiger partial charge in [0.25, 0.3) is 5.91 Å². The molecule has 3 rings (SSSR count). The van der Waals surface area contributed by atoms with Gasteiger partial charge >= 0.3 is 12.1 Å². The number of aromatic nitrogens is 2. The van der Waals surface area contributed by atoms with Gasteiger partial charge in [-0.2, -0.15) is 5.10 Å². The number of fused-ring (bicyclic) bond motifs is 1. The molecule has 2 aromatic rings. The SMILES string of the molecule is CCO/C=C/C(=O)NC(=O)Nc1ccc2cn(C3CCN(C(=O)O)CC3)nc2c1. The highest BCUT2D eigenvalue weighted by Gasteiger charge is 2.24. The number of amides is 4. The fourth-order valence-corrected chi connectivity index (χ4v) is 3.14. The zero-order valence-electron chi connectivity index (χ0n) is 16.0. The topological polar surface area (TPSA) is 126 Å². The van der Waals surface area contributed by atoms with Gasteiger partial charge in [0.15, 0.2) is 0 Å². The summed E-state index contributed by atoms with van der Waals surface area (Å²) in [5.41, 5.74) is 1.20. The third kappa shape index (κ3) is 5.24. The Morgan fingerprint density at radius 1 is 1.31 bits per heavy atom. The maximum Gasteiger partial charge on any atom is 0.407 e. The monoisotopic (exact) mass is 401 g/mol. The number of nitrogens with zero attached hydrogens (tertiary/aromatic N) is 3. The van der Waals surface area contributed by atoms with Crippen molar-refractivity contribution in [2.45, 2.75) is 25.8 Å². The van der Waals surface area contributed by atoms with Crippen molar-refractivity contribution in [3.8, 4) is 0 Å². The predicted molar refractivity (Wildman–Crippen MR) is 106 cm³/mol. The normalized spacial score (nSPS) is 14.9. The summed E-state index contributed by atoms with van der Waals surface area (Å²) in [6, 6.07) is 4.75. The lowest BCUT2D eigenvalue weighted by molar-refractivity contribution is -0.115. The highest BCUT2D eigenvalue weighted by molar-refractivity contribution is 6.05. The van der Waals surface area contributed by atoms with Crippen molar-refractivity contribution in [3.05, 3.63) is 36.7 Å². The molecular weight excluding hydrogens is 378 g/mol. The number of piperidine rings is 1. The van der Waals surface area contributed by atoms with Crippen LogP contribution in [0.4, 0.5) is 15.3 Å². The van der Waals surface area contributed by atoms with Crippen LogP contribution in [0.5, 0.6) is 0 Å². The van der Waals surface area contributed by atoms with E-state index in [2.05, 4.69) is 15.7 Å². The van der Waals surface area contributed by atoms with E-state index in [1.807, 2.05) is 16.9 Å². The van der Waals surface area contributed by atoms with Crippen LogP contribution in [0.25, 0.3) is 10.9 Å². The van der Waals surface area contributed by atoms with Crippen LogP contribution in [-0.4, -0.2) is 57.5 Å². The smallest absolute Gasteiger partial charge is 0.407 e. The minimum atomic E-state index is -0.894. The van der Waals surface area contributed by atoms with Crippen molar-refractivity contribution < 1.29 is 24.2 Å². The minimum absolute atomic E-state index is 0.132. The van der Waals surface area contributed by atoms with E-state index >= 15 is 0 Å². The number of carbonyl (C=O) groups is 3. The zero-order valence-corrected chi connectivity index (χ0v) is 16.0. The van der Waals surface area contributed by atoms with E-state index in [0.717, 1.165) is 11.5 Å². The Morgan fingerprint density at radius 3 is 2.76 bits per heavy atom. The Labute approximate surface area is 167 Å². The number of imide groups is 1. The number of carbonyl (C=O) groups excluding carboxylic acids is 2. The largest absolute Gasteiger partial charge is 0.501 e. The number of benzene rings is 1. The first-order chi connectivity index (χ1) is 14.0. The number of nitrogens with one attached hydrogen (secondary N) is 2. The molecule has 1 aliphatic rings. The van der Waals surface area contributed by atoms with Crippen LogP contribution in [0.3, 0.4) is 0 Å². The predicted octanol–water partition coefficient (Wildman–Crippen LogP) is 2.55. The summed E-state index contributed by atoms with van der Waals surface area (Å²) in [6.45, 7) is 3.18. The average Bonchev–Trinajstić information content (AvgIpc) is 3.11. The Morgan fingerprint density at radius 2 is 2.07 bits per heavy atom. The molecule has 0 bridgehead atoms. The Bertz CT molecular complexity index is 930. The third-order valence-corrected chi connectivity index (χ3v) is 4.61. The van der Waals surface area contributed by atoms with Gasteiger partial charge in [0, 0.05) is 36.4 Å². The van der Waals surface area contributed by atoms with Gasteiger partial charge in [-0.25, -0.2) is 9.59 Å². The maximum atomic E-state index is 11.9. The molecule has 1 fully saturated rings. The highest BCUT2D eigenvalue weighted by atomic mass is 16.5. The number of anilines is 1. The van der Waals surface area contributed by atoms with Crippen LogP contribution in [0.1, 0.15) is 25.8 Å². The number of rotatable bonds is 5. The number of hydrogen-bond donors (Lipinski definition) is 3. The molecule has 10 nitrogen and oxygen atoms in total. The van der Waals surface area contributed by atoms with Gasteiger partial charge in [-0.05, 0) is 38.0 Å². The molecule has 0 atom stereocenters. The second-order valence-electron chi connectivity index (χ2n) is 6.58. The van der Waals surface area contributed by atoms with Crippen molar-refractivity contribution in [1.82, 2.24) is 20.0 Å². The molecule has 4 amide bonds. The highest BCUT2D eigenvalue weighted by Crippen LogP contribution is 2.25. The molecule has 1 aromatic carbocycles. The van der Waals surface area contributed by atoms with Crippen LogP contribution in [0.15, 0.2) is 36.7 Å².